The van der Waals surface area contributed by atoms with Crippen molar-refractivity contribution >= 4 is 27.9 Å². The molecule has 3 rings (SSSR count). The van der Waals surface area contributed by atoms with E-state index in [1.54, 1.807) is 6.07 Å². The molecule has 6 heteroatoms. The number of hydrogen-bond acceptors (Lipinski definition) is 4. The number of rotatable bonds is 1. The third kappa shape index (κ3) is 3.14. The first-order chi connectivity index (χ1) is 11.9. The first kappa shape index (κ1) is 18.6. The summed E-state index contributed by atoms with van der Waals surface area (Å²) in [4.78, 5) is 12.4. The lowest BCUT2D eigenvalue weighted by Gasteiger charge is -2.27. The minimum atomic E-state index is -1.47. The zero-order valence-electron chi connectivity index (χ0n) is 16.0. The molecule has 26 heavy (non-hydrogen) atoms. The van der Waals surface area contributed by atoms with Gasteiger partial charge < -0.3 is 5.32 Å². The van der Waals surface area contributed by atoms with Gasteiger partial charge in [-0.3, -0.25) is 10.1 Å². The molecule has 1 unspecified atom stereocenters. The Balaban J connectivity index is 2.23. The van der Waals surface area contributed by atoms with E-state index in [4.69, 9.17) is 0 Å². The highest BCUT2D eigenvalue weighted by Gasteiger charge is 2.32. The first-order valence-corrected chi connectivity index (χ1v) is 9.71. The summed E-state index contributed by atoms with van der Waals surface area (Å²) >= 11 is 0. The van der Waals surface area contributed by atoms with Crippen molar-refractivity contribution in [2.75, 3.05) is 5.32 Å². The zero-order chi connectivity index (χ0) is 19.4. The van der Waals surface area contributed by atoms with E-state index in [0.717, 1.165) is 11.1 Å². The van der Waals surface area contributed by atoms with Crippen molar-refractivity contribution in [3.05, 3.63) is 51.6 Å². The van der Waals surface area contributed by atoms with Gasteiger partial charge in [-0.1, -0.05) is 47.6 Å². The van der Waals surface area contributed by atoms with Gasteiger partial charge in [0.25, 0.3) is 5.69 Å². The van der Waals surface area contributed by atoms with Crippen LogP contribution in [0.15, 0.2) is 40.1 Å². The van der Waals surface area contributed by atoms with Crippen LogP contribution in [-0.2, 0) is 21.6 Å². The average Bonchev–Trinajstić information content (AvgIpc) is 2.52. The van der Waals surface area contributed by atoms with E-state index in [1.165, 1.54) is 0 Å². The van der Waals surface area contributed by atoms with E-state index >= 15 is 0 Å². The lowest BCUT2D eigenvalue weighted by molar-refractivity contribution is -0.384. The molecule has 1 aliphatic heterocycles. The molecule has 138 valence electrons. The van der Waals surface area contributed by atoms with E-state index in [2.05, 4.69) is 26.1 Å². The molecular formula is C20H24N2O3S. The monoisotopic (exact) mass is 372 g/mol. The molecule has 0 aromatic heterocycles. The molecule has 0 aliphatic carbocycles. The number of anilines is 2. The van der Waals surface area contributed by atoms with Crippen LogP contribution >= 0.6 is 0 Å². The van der Waals surface area contributed by atoms with E-state index in [1.807, 2.05) is 45.0 Å². The van der Waals surface area contributed by atoms with Crippen LogP contribution in [0.25, 0.3) is 0 Å². The summed E-state index contributed by atoms with van der Waals surface area (Å²) in [6.07, 6.45) is 0. The van der Waals surface area contributed by atoms with E-state index in [9.17, 15) is 14.3 Å². The highest BCUT2D eigenvalue weighted by molar-refractivity contribution is 7.85. The SMILES string of the molecule is CC(C)(C)c1ccc2c(c1)S(=O)c1cc(C(C)(C)C)cc([N+](=O)[O-])c1N2. The number of hydrogen-bond donors (Lipinski definition) is 1. The summed E-state index contributed by atoms with van der Waals surface area (Å²) in [7, 11) is -1.47. The van der Waals surface area contributed by atoms with E-state index in [0.29, 0.717) is 21.2 Å². The topological polar surface area (TPSA) is 72.2 Å². The Morgan fingerprint density at radius 1 is 0.923 bits per heavy atom. The molecule has 1 heterocycles. The minimum Gasteiger partial charge on any atom is -0.348 e. The van der Waals surface area contributed by atoms with Gasteiger partial charge in [0, 0.05) is 6.07 Å². The molecule has 2 aromatic rings. The molecule has 1 aliphatic rings. The summed E-state index contributed by atoms with van der Waals surface area (Å²) in [6.45, 7) is 12.3. The summed E-state index contributed by atoms with van der Waals surface area (Å²) < 4.78 is 13.3. The van der Waals surface area contributed by atoms with Gasteiger partial charge in [0.2, 0.25) is 0 Å². The molecule has 0 bridgehead atoms. The Morgan fingerprint density at radius 3 is 2.04 bits per heavy atom. The maximum absolute atomic E-state index is 13.3. The largest absolute Gasteiger partial charge is 0.348 e. The highest BCUT2D eigenvalue weighted by Crippen LogP contribution is 2.45. The van der Waals surface area contributed by atoms with Gasteiger partial charge in [0.15, 0.2) is 0 Å². The fraction of sp³-hybridized carbons (Fsp3) is 0.400. The molecule has 0 amide bonds. The summed E-state index contributed by atoms with van der Waals surface area (Å²) in [5, 5.41) is 14.8. The molecule has 0 spiro atoms. The van der Waals surface area contributed by atoms with Crippen molar-refractivity contribution in [2.24, 2.45) is 0 Å². The highest BCUT2D eigenvalue weighted by atomic mass is 32.2. The maximum Gasteiger partial charge on any atom is 0.294 e. The van der Waals surface area contributed by atoms with Gasteiger partial charge >= 0.3 is 0 Å². The van der Waals surface area contributed by atoms with Crippen LogP contribution in [0.5, 0.6) is 0 Å². The Kier molecular flexibility index (Phi) is 4.22. The fourth-order valence-corrected chi connectivity index (χ4v) is 4.31. The molecule has 0 saturated carbocycles. The number of benzene rings is 2. The third-order valence-electron chi connectivity index (χ3n) is 4.65. The quantitative estimate of drug-likeness (QED) is 0.458. The van der Waals surface area contributed by atoms with Crippen LogP contribution < -0.4 is 5.32 Å². The second-order valence-electron chi connectivity index (χ2n) is 8.73. The average molecular weight is 372 g/mol. The minimum absolute atomic E-state index is 0.0358. The molecule has 2 aromatic carbocycles. The van der Waals surface area contributed by atoms with Crippen molar-refractivity contribution in [3.63, 3.8) is 0 Å². The Labute approximate surface area is 156 Å². The number of nitrogens with one attached hydrogen (secondary N) is 1. The zero-order valence-corrected chi connectivity index (χ0v) is 16.8. The Hall–Kier alpha value is -2.21. The number of nitro benzene ring substituents is 1. The predicted octanol–water partition coefficient (Wildman–Crippen LogP) is 5.41. The number of nitro groups is 1. The van der Waals surface area contributed by atoms with Crippen LogP contribution in [-0.4, -0.2) is 9.13 Å². The van der Waals surface area contributed by atoms with Crippen molar-refractivity contribution in [1.82, 2.24) is 0 Å². The molecule has 0 saturated heterocycles. The van der Waals surface area contributed by atoms with Crippen LogP contribution in [0.2, 0.25) is 0 Å². The smallest absolute Gasteiger partial charge is 0.294 e. The molecule has 1 atom stereocenters. The Morgan fingerprint density at radius 2 is 1.50 bits per heavy atom. The lowest BCUT2D eigenvalue weighted by Crippen LogP contribution is -2.17. The first-order valence-electron chi connectivity index (χ1n) is 8.56. The van der Waals surface area contributed by atoms with Gasteiger partial charge in [-0.05, 0) is 40.2 Å². The van der Waals surface area contributed by atoms with Crippen molar-refractivity contribution in [3.8, 4) is 0 Å². The van der Waals surface area contributed by atoms with Crippen LogP contribution in [0.3, 0.4) is 0 Å². The summed E-state index contributed by atoms with van der Waals surface area (Å²) in [5.74, 6) is 0. The van der Waals surface area contributed by atoms with Gasteiger partial charge in [0.05, 0.1) is 31.2 Å². The van der Waals surface area contributed by atoms with Crippen molar-refractivity contribution in [2.45, 2.75) is 62.2 Å². The Bertz CT molecular complexity index is 937. The fourth-order valence-electron chi connectivity index (χ4n) is 2.95. The molecule has 1 N–H and O–H groups in total. The van der Waals surface area contributed by atoms with Crippen molar-refractivity contribution in [1.29, 1.82) is 0 Å². The van der Waals surface area contributed by atoms with Gasteiger partial charge in [0.1, 0.15) is 5.69 Å². The van der Waals surface area contributed by atoms with E-state index in [-0.39, 0.29) is 16.5 Å². The molecule has 0 fully saturated rings. The van der Waals surface area contributed by atoms with Gasteiger partial charge in [-0.15, -0.1) is 0 Å². The lowest BCUT2D eigenvalue weighted by atomic mass is 9.86. The van der Waals surface area contributed by atoms with Crippen LogP contribution in [0, 0.1) is 10.1 Å². The van der Waals surface area contributed by atoms with Gasteiger partial charge in [-0.25, -0.2) is 4.21 Å². The summed E-state index contributed by atoms with van der Waals surface area (Å²) in [6, 6.07) is 9.19. The third-order valence-corrected chi connectivity index (χ3v) is 6.11. The number of fused-ring (bicyclic) bond motifs is 2. The standard InChI is InChI=1S/C20H24N2O3S/c1-19(2,3)12-7-8-14-16(10-12)26(25)17-11-13(20(4,5)6)9-15(22(23)24)18(17)21-14/h7-11,21H,1-6H3. The maximum atomic E-state index is 13.3. The molecular weight excluding hydrogens is 348 g/mol. The van der Waals surface area contributed by atoms with Crippen LogP contribution in [0.1, 0.15) is 52.7 Å². The van der Waals surface area contributed by atoms with Crippen LogP contribution in [0.4, 0.5) is 17.1 Å². The predicted molar refractivity (Wildman–Crippen MR) is 105 cm³/mol. The summed E-state index contributed by atoms with van der Waals surface area (Å²) in [5.41, 5.74) is 2.49. The molecule has 0 radical (unpaired) electrons. The second kappa shape index (κ2) is 5.91. The second-order valence-corrected chi connectivity index (χ2v) is 10.1. The normalized spacial score (nSPS) is 16.5. The number of nitrogens with zero attached hydrogens (tertiary/aromatic N) is 1. The van der Waals surface area contributed by atoms with E-state index < -0.39 is 15.7 Å². The van der Waals surface area contributed by atoms with Gasteiger partial charge in [-0.2, -0.15) is 0 Å². The molecule has 5 nitrogen and oxygen atoms in total. The van der Waals surface area contributed by atoms with Crippen molar-refractivity contribution < 1.29 is 9.13 Å².